The number of hydrogen-bond donors (Lipinski definition) is 2. The van der Waals surface area contributed by atoms with Crippen LogP contribution in [0.3, 0.4) is 0 Å². The molecule has 0 aliphatic heterocycles. The summed E-state index contributed by atoms with van der Waals surface area (Å²) in [5, 5.41) is 5.47. The number of nitrogens with zero attached hydrogens (tertiary/aromatic N) is 2. The summed E-state index contributed by atoms with van der Waals surface area (Å²) in [4.78, 5) is 28.4. The molecule has 1 aromatic heterocycles. The van der Waals surface area contributed by atoms with E-state index < -0.39 is 16.1 Å². The van der Waals surface area contributed by atoms with Crippen molar-refractivity contribution >= 4 is 37.9 Å². The van der Waals surface area contributed by atoms with Crippen molar-refractivity contribution in [3.8, 4) is 5.88 Å². The number of halogens is 1. The van der Waals surface area contributed by atoms with Gasteiger partial charge in [-0.2, -0.15) is 0 Å². The van der Waals surface area contributed by atoms with Crippen molar-refractivity contribution in [3.05, 3.63) is 56.9 Å². The third kappa shape index (κ3) is 8.23. The Morgan fingerprint density at radius 3 is 2.50 bits per heavy atom. The molecule has 1 aliphatic carbocycles. The van der Waals surface area contributed by atoms with Gasteiger partial charge < -0.3 is 20.1 Å². The number of hydrogen-bond acceptors (Lipinski definition) is 6. The summed E-state index contributed by atoms with van der Waals surface area (Å²) in [6, 6.07) is 6.86. The molecular weight excluding hydrogens is 535 g/mol. The number of ether oxygens (including phenoxy) is 1. The maximum atomic E-state index is 12.4. The Bertz CT molecular complexity index is 1090. The molecular formula is C22H26BrN4NaO5S. The molecule has 1 aliphatic rings. The minimum atomic E-state index is -4.09. The molecule has 2 aromatic rings. The molecule has 9 nitrogen and oxygen atoms in total. The van der Waals surface area contributed by atoms with Crippen LogP contribution >= 0.6 is 15.9 Å². The number of urea groups is 1. The molecule has 1 saturated carbocycles. The molecule has 1 heterocycles. The third-order valence-corrected chi connectivity index (χ3v) is 7.02. The molecule has 0 unspecified atom stereocenters. The van der Waals surface area contributed by atoms with Crippen molar-refractivity contribution in [1.29, 1.82) is 0 Å². The zero-order chi connectivity index (χ0) is 23.8. The van der Waals surface area contributed by atoms with Gasteiger partial charge in [0.05, 0.1) is 12.0 Å². The first-order chi connectivity index (χ1) is 15.8. The topological polar surface area (TPSA) is 129 Å². The average molecular weight is 561 g/mol. The zero-order valence-electron chi connectivity index (χ0n) is 19.2. The molecule has 1 aromatic carbocycles. The van der Waals surface area contributed by atoms with E-state index in [9.17, 15) is 18.0 Å². The Hall–Kier alpha value is -1.66. The van der Waals surface area contributed by atoms with Crippen LogP contribution in [0, 0.1) is 0 Å². The van der Waals surface area contributed by atoms with Crippen LogP contribution in [-0.2, 0) is 16.4 Å². The summed E-state index contributed by atoms with van der Waals surface area (Å²) in [6.45, 7) is 0.328. The van der Waals surface area contributed by atoms with Crippen LogP contribution < -0.4 is 44.9 Å². The van der Waals surface area contributed by atoms with Crippen molar-refractivity contribution in [2.24, 2.45) is 0 Å². The van der Waals surface area contributed by atoms with Gasteiger partial charge in [-0.25, -0.2) is 13.4 Å². The summed E-state index contributed by atoms with van der Waals surface area (Å²) in [7, 11) is -2.65. The summed E-state index contributed by atoms with van der Waals surface area (Å²) in [6.07, 6.45) is 6.88. The van der Waals surface area contributed by atoms with Crippen LogP contribution in [0.4, 0.5) is 4.79 Å². The number of rotatable bonds is 8. The minimum absolute atomic E-state index is 0. The van der Waals surface area contributed by atoms with E-state index in [4.69, 9.17) is 4.74 Å². The van der Waals surface area contributed by atoms with Gasteiger partial charge in [-0.15, -0.1) is 0 Å². The first-order valence-corrected chi connectivity index (χ1v) is 12.9. The van der Waals surface area contributed by atoms with Crippen LogP contribution in [0.1, 0.15) is 48.0 Å². The number of sulfonamides is 1. The van der Waals surface area contributed by atoms with E-state index in [1.54, 1.807) is 18.2 Å². The molecule has 2 N–H and O–H groups in total. The van der Waals surface area contributed by atoms with E-state index in [1.807, 2.05) is 0 Å². The fourth-order valence-electron chi connectivity index (χ4n) is 3.61. The summed E-state index contributed by atoms with van der Waals surface area (Å²) >= 11 is 3.28. The monoisotopic (exact) mass is 560 g/mol. The van der Waals surface area contributed by atoms with Crippen molar-refractivity contribution in [1.82, 2.24) is 15.6 Å². The molecule has 3 amide bonds. The fourth-order valence-corrected chi connectivity index (χ4v) is 4.79. The summed E-state index contributed by atoms with van der Waals surface area (Å²) in [5.74, 6) is -0.107. The van der Waals surface area contributed by atoms with Gasteiger partial charge in [-0.1, -0.05) is 44.2 Å². The predicted octanol–water partition coefficient (Wildman–Crippen LogP) is 0.934. The minimum Gasteiger partial charge on any atom is -0.480 e. The number of benzene rings is 1. The molecule has 1 fully saturated rings. The van der Waals surface area contributed by atoms with Gasteiger partial charge in [0.1, 0.15) is 5.56 Å². The van der Waals surface area contributed by atoms with E-state index in [1.165, 1.54) is 25.4 Å². The van der Waals surface area contributed by atoms with Crippen LogP contribution in [0.2, 0.25) is 0 Å². The van der Waals surface area contributed by atoms with Gasteiger partial charge >= 0.3 is 29.6 Å². The number of carbonyl (C=O) groups excluding carboxylic acids is 2. The first-order valence-electron chi connectivity index (χ1n) is 10.6. The van der Waals surface area contributed by atoms with Gasteiger partial charge in [0.25, 0.3) is 5.91 Å². The average Bonchev–Trinajstić information content (AvgIpc) is 2.79. The van der Waals surface area contributed by atoms with Gasteiger partial charge in [-0.3, -0.25) is 9.59 Å². The molecule has 0 atom stereocenters. The summed E-state index contributed by atoms with van der Waals surface area (Å²) < 4.78 is 34.0. The maximum Gasteiger partial charge on any atom is 1.00 e. The number of aromatic nitrogens is 1. The fraction of sp³-hybridized carbons (Fsp3) is 0.409. The van der Waals surface area contributed by atoms with Gasteiger partial charge in [0, 0.05) is 17.2 Å². The number of carbonyl (C=O) groups is 2. The Kier molecular flexibility index (Phi) is 11.3. The summed E-state index contributed by atoms with van der Waals surface area (Å²) in [5.41, 5.74) is 1.13. The van der Waals surface area contributed by atoms with Gasteiger partial charge in [-0.05, 0) is 52.2 Å². The third-order valence-electron chi connectivity index (χ3n) is 5.31. The van der Waals surface area contributed by atoms with E-state index >= 15 is 0 Å². The van der Waals surface area contributed by atoms with Crippen molar-refractivity contribution < 1.29 is 52.3 Å². The number of nitrogens with one attached hydrogen (secondary N) is 2. The quantitative estimate of drug-likeness (QED) is 0.462. The largest absolute Gasteiger partial charge is 1.00 e. The van der Waals surface area contributed by atoms with E-state index in [2.05, 4.69) is 36.3 Å². The van der Waals surface area contributed by atoms with Crippen molar-refractivity contribution in [2.45, 2.75) is 49.5 Å². The van der Waals surface area contributed by atoms with Crippen LogP contribution in [-0.4, -0.2) is 45.0 Å². The van der Waals surface area contributed by atoms with Crippen LogP contribution in [0.25, 0.3) is 4.72 Å². The normalized spacial score (nSPS) is 13.9. The molecule has 0 saturated heterocycles. The first kappa shape index (κ1) is 28.6. The maximum absolute atomic E-state index is 12.4. The number of methoxy groups -OCH3 is 1. The second-order valence-corrected chi connectivity index (χ2v) is 10.2. The van der Waals surface area contributed by atoms with Gasteiger partial charge in [0.2, 0.25) is 15.9 Å². The van der Waals surface area contributed by atoms with Gasteiger partial charge in [0.15, 0.2) is 6.03 Å². The number of amides is 3. The van der Waals surface area contributed by atoms with E-state index in [0.717, 1.165) is 37.7 Å². The molecule has 3 rings (SSSR count). The second-order valence-electron chi connectivity index (χ2n) is 7.71. The Labute approximate surface area is 230 Å². The molecule has 0 radical (unpaired) electrons. The molecule has 0 bridgehead atoms. The predicted molar refractivity (Wildman–Crippen MR) is 127 cm³/mol. The zero-order valence-corrected chi connectivity index (χ0v) is 23.6. The molecule has 178 valence electrons. The van der Waals surface area contributed by atoms with Crippen molar-refractivity contribution in [3.63, 3.8) is 0 Å². The SMILES string of the molecule is COc1ncc(Br)cc1C(=O)NCCc1ccc(S(=O)(=O)[N-]C(=O)NC2CCCCC2)cc1.[Na+]. The molecule has 0 spiro atoms. The number of pyridine rings is 1. The molecule has 34 heavy (non-hydrogen) atoms. The Morgan fingerprint density at radius 2 is 1.85 bits per heavy atom. The second kappa shape index (κ2) is 13.4. The van der Waals surface area contributed by atoms with Crippen molar-refractivity contribution in [2.75, 3.05) is 13.7 Å². The van der Waals surface area contributed by atoms with Crippen LogP contribution in [0.15, 0.2) is 45.9 Å². The Morgan fingerprint density at radius 1 is 1.18 bits per heavy atom. The standard InChI is InChI=1S/C22H27BrN4O5S.Na/c1-32-21-19(13-16(23)14-25-21)20(28)24-12-11-15-7-9-18(10-8-15)33(30,31)27-22(29)26-17-5-3-2-4-6-17;/h7-10,13-14,17H,2-6,11-12H2,1H3,(H3,24,26,27,28,29);/q;+1/p-1. The smallest absolute Gasteiger partial charge is 0.480 e. The van der Waals surface area contributed by atoms with E-state index in [0.29, 0.717) is 23.0 Å². The molecule has 12 heteroatoms. The Balaban J connectivity index is 0.00000408. The van der Waals surface area contributed by atoms with E-state index in [-0.39, 0.29) is 52.3 Å². The van der Waals surface area contributed by atoms with Crippen LogP contribution in [0.5, 0.6) is 5.88 Å².